The van der Waals surface area contributed by atoms with Gasteiger partial charge in [0, 0.05) is 61.7 Å². The quantitative estimate of drug-likeness (QED) is 0.462. The third kappa shape index (κ3) is 5.19. The van der Waals surface area contributed by atoms with E-state index in [-0.39, 0.29) is 10.6 Å². The first kappa shape index (κ1) is 21.4. The summed E-state index contributed by atoms with van der Waals surface area (Å²) in [6.45, 7) is 11.4. The molecule has 0 bridgehead atoms. The molecule has 3 rings (SSSR count). The number of anilines is 3. The molecule has 0 unspecified atom stereocenters. The van der Waals surface area contributed by atoms with E-state index in [1.54, 1.807) is 6.07 Å². The zero-order chi connectivity index (χ0) is 21.0. The first-order chi connectivity index (χ1) is 13.9. The van der Waals surface area contributed by atoms with Crippen LogP contribution in [0.1, 0.15) is 20.8 Å². The van der Waals surface area contributed by atoms with E-state index in [1.807, 2.05) is 36.4 Å². The molecule has 2 aromatic rings. The fourth-order valence-electron chi connectivity index (χ4n) is 3.84. The van der Waals surface area contributed by atoms with Crippen molar-refractivity contribution in [2.45, 2.75) is 20.8 Å². The second-order valence-corrected chi connectivity index (χ2v) is 8.06. The van der Waals surface area contributed by atoms with Gasteiger partial charge in [-0.3, -0.25) is 15.0 Å². The fourth-order valence-corrected chi connectivity index (χ4v) is 4.02. The van der Waals surface area contributed by atoms with Crippen LogP contribution in [0.2, 0.25) is 5.02 Å². The van der Waals surface area contributed by atoms with Crippen molar-refractivity contribution in [1.82, 2.24) is 4.90 Å². The van der Waals surface area contributed by atoms with Crippen molar-refractivity contribution in [3.05, 3.63) is 63.5 Å². The highest BCUT2D eigenvalue weighted by molar-refractivity contribution is 6.30. The summed E-state index contributed by atoms with van der Waals surface area (Å²) in [5.74, 6) is 1.38. The molecule has 1 radical (unpaired) electrons. The van der Waals surface area contributed by atoms with Crippen molar-refractivity contribution in [1.29, 1.82) is 0 Å². The predicted octanol–water partition coefficient (Wildman–Crippen LogP) is 5.14. The van der Waals surface area contributed by atoms with Crippen LogP contribution in [-0.2, 0) is 0 Å². The molecule has 0 atom stereocenters. The van der Waals surface area contributed by atoms with Gasteiger partial charge in [-0.15, -0.1) is 0 Å². The number of halogens is 1. The van der Waals surface area contributed by atoms with Crippen molar-refractivity contribution in [2.24, 2.45) is 0 Å². The summed E-state index contributed by atoms with van der Waals surface area (Å²) in [6.07, 6.45) is 0. The summed E-state index contributed by atoms with van der Waals surface area (Å²) in [5.41, 5.74) is 2.74. The molecule has 0 aliphatic carbocycles. The highest BCUT2D eigenvalue weighted by Gasteiger charge is 2.25. The largest absolute Gasteiger partial charge is 0.363 e. The Labute approximate surface area is 177 Å². The van der Waals surface area contributed by atoms with E-state index in [2.05, 4.69) is 35.5 Å². The maximum absolute atomic E-state index is 11.7. The number of hydrogen-bond donors (Lipinski definition) is 0. The number of rotatable bonds is 7. The molecular weight excluding hydrogens is 388 g/mol. The summed E-state index contributed by atoms with van der Waals surface area (Å²) in [5, 5.41) is 12.3. The smallest absolute Gasteiger partial charge is 0.292 e. The normalized spacial score (nSPS) is 15.0. The Morgan fingerprint density at radius 1 is 1.10 bits per heavy atom. The Hall–Kier alpha value is -2.31. The van der Waals surface area contributed by atoms with Gasteiger partial charge in [-0.25, -0.2) is 0 Å². The zero-order valence-corrected chi connectivity index (χ0v) is 18.0. The highest BCUT2D eigenvalue weighted by atomic mass is 35.5. The lowest BCUT2D eigenvalue weighted by molar-refractivity contribution is -0.384. The van der Waals surface area contributed by atoms with Gasteiger partial charge in [-0.2, -0.15) is 0 Å². The van der Waals surface area contributed by atoms with Gasteiger partial charge in [0.25, 0.3) is 5.69 Å². The Kier molecular flexibility index (Phi) is 6.98. The average molecular weight is 416 g/mol. The summed E-state index contributed by atoms with van der Waals surface area (Å²) >= 11 is 6.17. The van der Waals surface area contributed by atoms with E-state index in [9.17, 15) is 10.1 Å². The highest BCUT2D eigenvalue weighted by Crippen LogP contribution is 2.36. The first-order valence-corrected chi connectivity index (χ1v) is 10.3. The van der Waals surface area contributed by atoms with Gasteiger partial charge in [0.1, 0.15) is 5.69 Å². The van der Waals surface area contributed by atoms with Gasteiger partial charge in [0.05, 0.1) is 4.92 Å². The van der Waals surface area contributed by atoms with E-state index in [0.29, 0.717) is 10.7 Å². The molecule has 29 heavy (non-hydrogen) atoms. The monoisotopic (exact) mass is 415 g/mol. The summed E-state index contributed by atoms with van der Waals surface area (Å²) in [7, 11) is 0. The van der Waals surface area contributed by atoms with Crippen molar-refractivity contribution >= 4 is 34.4 Å². The number of nitro benzene ring substituents is 1. The minimum atomic E-state index is -0.287. The second-order valence-electron chi connectivity index (χ2n) is 7.62. The van der Waals surface area contributed by atoms with Crippen LogP contribution in [0.4, 0.5) is 22.7 Å². The maximum atomic E-state index is 11.7. The lowest BCUT2D eigenvalue weighted by Crippen LogP contribution is -2.47. The minimum Gasteiger partial charge on any atom is -0.363 e. The topological polar surface area (TPSA) is 52.9 Å². The van der Waals surface area contributed by atoms with Gasteiger partial charge in [0.15, 0.2) is 0 Å². The standard InChI is InChI=1S/C22H28ClN4O2/c1-4-26(19-7-5-6-18(23)14-19)20-8-9-21(27(28)29)22(15-20)25-12-10-24(11-13-25)16-17(2)3/h5-9,14-15H,4,10-13,16H2,1-3H3. The van der Waals surface area contributed by atoms with Crippen LogP contribution in [0.25, 0.3) is 0 Å². The molecule has 1 aliphatic heterocycles. The van der Waals surface area contributed by atoms with Crippen LogP contribution in [0, 0.1) is 16.0 Å². The van der Waals surface area contributed by atoms with Crippen LogP contribution < -0.4 is 9.80 Å². The lowest BCUT2D eigenvalue weighted by Gasteiger charge is -2.37. The fraction of sp³-hybridized carbons (Fsp3) is 0.409. The second kappa shape index (κ2) is 9.46. The molecule has 0 amide bonds. The molecule has 6 nitrogen and oxygen atoms in total. The molecule has 1 fully saturated rings. The van der Waals surface area contributed by atoms with Gasteiger partial charge in [-0.1, -0.05) is 31.5 Å². The van der Waals surface area contributed by atoms with Gasteiger partial charge >= 0.3 is 0 Å². The summed E-state index contributed by atoms with van der Waals surface area (Å²) < 4.78 is 0. The molecule has 155 valence electrons. The molecule has 2 aromatic carbocycles. The van der Waals surface area contributed by atoms with Crippen molar-refractivity contribution in [3.63, 3.8) is 0 Å². The molecule has 1 saturated heterocycles. The van der Waals surface area contributed by atoms with E-state index < -0.39 is 0 Å². The van der Waals surface area contributed by atoms with Crippen LogP contribution in [-0.4, -0.2) is 49.1 Å². The number of nitro groups is 1. The molecular formula is C22H28ClN4O2. The average Bonchev–Trinajstić information content (AvgIpc) is 2.68. The Balaban J connectivity index is 1.89. The van der Waals surface area contributed by atoms with Crippen LogP contribution in [0.15, 0.2) is 42.5 Å². The first-order valence-electron chi connectivity index (χ1n) is 9.97. The Morgan fingerprint density at radius 3 is 2.38 bits per heavy atom. The number of benzene rings is 2. The minimum absolute atomic E-state index is 0.155. The van der Waals surface area contributed by atoms with E-state index in [0.717, 1.165) is 50.6 Å². The lowest BCUT2D eigenvalue weighted by atomic mass is 10.1. The number of piperazine rings is 1. The van der Waals surface area contributed by atoms with Gasteiger partial charge in [-0.05, 0) is 43.2 Å². The van der Waals surface area contributed by atoms with Crippen LogP contribution in [0.5, 0.6) is 0 Å². The maximum Gasteiger partial charge on any atom is 0.292 e. The summed E-state index contributed by atoms with van der Waals surface area (Å²) in [4.78, 5) is 18.0. The number of nitrogens with zero attached hydrogens (tertiary/aromatic N) is 4. The SMILES string of the molecule is CCN(c1cccc(Cl)c1)c1ccc([N+](=O)[O-])c(N2CCN(C[C](C)C)CC2)c1. The molecule has 0 N–H and O–H groups in total. The molecule has 1 heterocycles. The zero-order valence-electron chi connectivity index (χ0n) is 17.3. The van der Waals surface area contributed by atoms with E-state index in [1.165, 1.54) is 5.92 Å². The molecule has 0 aromatic heterocycles. The third-order valence-electron chi connectivity index (χ3n) is 5.16. The van der Waals surface area contributed by atoms with Crippen LogP contribution in [0.3, 0.4) is 0 Å². The van der Waals surface area contributed by atoms with E-state index >= 15 is 0 Å². The molecule has 1 aliphatic rings. The van der Waals surface area contributed by atoms with Crippen molar-refractivity contribution in [2.75, 3.05) is 49.1 Å². The predicted molar refractivity (Wildman–Crippen MR) is 120 cm³/mol. The van der Waals surface area contributed by atoms with Crippen molar-refractivity contribution < 1.29 is 4.92 Å². The van der Waals surface area contributed by atoms with Crippen molar-refractivity contribution in [3.8, 4) is 0 Å². The molecule has 7 heteroatoms. The Morgan fingerprint density at radius 2 is 1.79 bits per heavy atom. The Bertz CT molecular complexity index is 850. The molecule has 0 spiro atoms. The third-order valence-corrected chi connectivity index (χ3v) is 5.39. The van der Waals surface area contributed by atoms with Gasteiger partial charge < -0.3 is 9.80 Å². The molecule has 0 saturated carbocycles. The summed E-state index contributed by atoms with van der Waals surface area (Å²) in [6, 6.07) is 13.0. The van der Waals surface area contributed by atoms with E-state index in [4.69, 9.17) is 11.6 Å². The van der Waals surface area contributed by atoms with Gasteiger partial charge in [0.2, 0.25) is 0 Å². The number of hydrogen-bond acceptors (Lipinski definition) is 5. The van der Waals surface area contributed by atoms with Crippen LogP contribution >= 0.6 is 11.6 Å².